The van der Waals surface area contributed by atoms with Gasteiger partial charge >= 0.3 is 6.18 Å². The van der Waals surface area contributed by atoms with Crippen molar-refractivity contribution < 1.29 is 13.2 Å². The fourth-order valence-corrected chi connectivity index (χ4v) is 1.85. The molecule has 1 N–H and O–H groups in total. The highest BCUT2D eigenvalue weighted by Gasteiger charge is 2.30. The van der Waals surface area contributed by atoms with Gasteiger partial charge in [0.05, 0.1) is 5.56 Å². The van der Waals surface area contributed by atoms with E-state index < -0.39 is 11.7 Å². The Hall–Kier alpha value is -1.03. The zero-order valence-electron chi connectivity index (χ0n) is 9.77. The highest BCUT2D eigenvalue weighted by molar-refractivity contribution is 5.32. The van der Waals surface area contributed by atoms with Crippen LogP contribution in [0.3, 0.4) is 0 Å². The lowest BCUT2D eigenvalue weighted by molar-refractivity contribution is -0.137. The molecule has 0 bridgehead atoms. The van der Waals surface area contributed by atoms with Crippen molar-refractivity contribution >= 4 is 0 Å². The van der Waals surface area contributed by atoms with E-state index in [-0.39, 0.29) is 0 Å². The Labute approximate surface area is 99.0 Å². The van der Waals surface area contributed by atoms with Crippen LogP contribution < -0.4 is 5.32 Å². The minimum Gasteiger partial charge on any atom is -0.314 e. The Morgan fingerprint density at radius 1 is 1.29 bits per heavy atom. The third-order valence-corrected chi connectivity index (χ3v) is 3.07. The maximum Gasteiger partial charge on any atom is 0.416 e. The van der Waals surface area contributed by atoms with Crippen LogP contribution >= 0.6 is 0 Å². The lowest BCUT2D eigenvalue weighted by Crippen LogP contribution is -2.19. The molecule has 0 unspecified atom stereocenters. The normalized spacial score (nSPS) is 16.2. The summed E-state index contributed by atoms with van der Waals surface area (Å²) in [7, 11) is 0. The Morgan fingerprint density at radius 3 is 2.53 bits per heavy atom. The molecule has 0 radical (unpaired) electrons. The molecule has 0 spiro atoms. The molecule has 0 heterocycles. The molecule has 0 saturated heterocycles. The minimum absolute atomic E-state index is 0.561. The summed E-state index contributed by atoms with van der Waals surface area (Å²) in [6.45, 7) is 2.58. The lowest BCUT2D eigenvalue weighted by atomic mass is 10.0. The van der Waals surface area contributed by atoms with Crippen LogP contribution in [0.25, 0.3) is 0 Å². The third-order valence-electron chi connectivity index (χ3n) is 3.07. The summed E-state index contributed by atoms with van der Waals surface area (Å²) in [5.41, 5.74) is 1.15. The quantitative estimate of drug-likeness (QED) is 0.855. The summed E-state index contributed by atoms with van der Waals surface area (Å²) in [6, 6.07) is 4.63. The SMILES string of the molecule is Cc1cc(C(F)(F)F)ccc1CCNC1CC1. The van der Waals surface area contributed by atoms with Crippen LogP contribution in [0.5, 0.6) is 0 Å². The first kappa shape index (κ1) is 12.4. The van der Waals surface area contributed by atoms with E-state index in [1.807, 2.05) is 0 Å². The third kappa shape index (κ3) is 3.46. The molecule has 0 amide bonds. The van der Waals surface area contributed by atoms with Crippen molar-refractivity contribution in [2.24, 2.45) is 0 Å². The number of aryl methyl sites for hydroxylation is 1. The van der Waals surface area contributed by atoms with E-state index in [1.165, 1.54) is 25.0 Å². The molecule has 1 saturated carbocycles. The zero-order chi connectivity index (χ0) is 12.5. The van der Waals surface area contributed by atoms with Gasteiger partial charge in [-0.2, -0.15) is 13.2 Å². The fraction of sp³-hybridized carbons (Fsp3) is 0.538. The van der Waals surface area contributed by atoms with Gasteiger partial charge in [0, 0.05) is 6.04 Å². The average Bonchev–Trinajstić information content (AvgIpc) is 3.02. The maximum atomic E-state index is 12.5. The van der Waals surface area contributed by atoms with E-state index in [9.17, 15) is 13.2 Å². The molecule has 1 aromatic rings. The van der Waals surface area contributed by atoms with Crippen molar-refractivity contribution in [2.75, 3.05) is 6.54 Å². The predicted molar refractivity (Wildman–Crippen MR) is 60.9 cm³/mol. The number of benzene rings is 1. The monoisotopic (exact) mass is 243 g/mol. The molecule has 0 aliphatic heterocycles. The molecule has 2 rings (SSSR count). The molecule has 0 atom stereocenters. The van der Waals surface area contributed by atoms with Crippen molar-refractivity contribution in [1.29, 1.82) is 0 Å². The van der Waals surface area contributed by atoms with Crippen LogP contribution in [0, 0.1) is 6.92 Å². The Balaban J connectivity index is 1.97. The van der Waals surface area contributed by atoms with Crippen molar-refractivity contribution in [1.82, 2.24) is 5.32 Å². The lowest BCUT2D eigenvalue weighted by Gasteiger charge is -2.11. The van der Waals surface area contributed by atoms with Crippen LogP contribution in [0.4, 0.5) is 13.2 Å². The molecule has 0 aromatic heterocycles. The summed E-state index contributed by atoms with van der Waals surface area (Å²) in [5, 5.41) is 3.35. The van der Waals surface area contributed by atoms with Crippen molar-refractivity contribution in [3.05, 3.63) is 34.9 Å². The van der Waals surface area contributed by atoms with Crippen molar-refractivity contribution in [2.45, 2.75) is 38.4 Å². The minimum atomic E-state index is -4.24. The number of rotatable bonds is 4. The number of alkyl halides is 3. The molecular weight excluding hydrogens is 227 g/mol. The first-order chi connectivity index (χ1) is 7.97. The predicted octanol–water partition coefficient (Wildman–Crippen LogP) is 3.31. The first-order valence-electron chi connectivity index (χ1n) is 5.87. The highest BCUT2D eigenvalue weighted by Crippen LogP contribution is 2.30. The van der Waals surface area contributed by atoms with E-state index in [0.29, 0.717) is 6.04 Å². The summed E-state index contributed by atoms with van der Waals surface area (Å²) in [6.07, 6.45) is -0.992. The van der Waals surface area contributed by atoms with Gasteiger partial charge in [-0.1, -0.05) is 6.07 Å². The van der Waals surface area contributed by atoms with E-state index in [0.717, 1.165) is 24.1 Å². The van der Waals surface area contributed by atoms with Crippen LogP contribution in [0.1, 0.15) is 29.5 Å². The van der Waals surface area contributed by atoms with Gasteiger partial charge < -0.3 is 5.32 Å². The van der Waals surface area contributed by atoms with E-state index in [4.69, 9.17) is 0 Å². The molecule has 4 heteroatoms. The molecule has 1 fully saturated rings. The highest BCUT2D eigenvalue weighted by atomic mass is 19.4. The van der Waals surface area contributed by atoms with Crippen molar-refractivity contribution in [3.63, 3.8) is 0 Å². The summed E-state index contributed by atoms with van der Waals surface area (Å²) in [4.78, 5) is 0. The summed E-state index contributed by atoms with van der Waals surface area (Å²) in [5.74, 6) is 0. The molecule has 1 aliphatic carbocycles. The number of hydrogen-bond acceptors (Lipinski definition) is 1. The second kappa shape index (κ2) is 4.69. The van der Waals surface area contributed by atoms with Gasteiger partial charge in [0.2, 0.25) is 0 Å². The maximum absolute atomic E-state index is 12.5. The second-order valence-corrected chi connectivity index (χ2v) is 4.62. The summed E-state index contributed by atoms with van der Waals surface area (Å²) >= 11 is 0. The Bertz CT molecular complexity index is 394. The summed E-state index contributed by atoms with van der Waals surface area (Å²) < 4.78 is 37.4. The van der Waals surface area contributed by atoms with Crippen LogP contribution in [0.15, 0.2) is 18.2 Å². The molecule has 1 nitrogen and oxygen atoms in total. The Kier molecular flexibility index (Phi) is 3.43. The fourth-order valence-electron chi connectivity index (χ4n) is 1.85. The van der Waals surface area contributed by atoms with Gasteiger partial charge in [-0.3, -0.25) is 0 Å². The first-order valence-corrected chi connectivity index (χ1v) is 5.87. The number of halogens is 3. The zero-order valence-corrected chi connectivity index (χ0v) is 9.77. The van der Waals surface area contributed by atoms with Crippen LogP contribution in [-0.2, 0) is 12.6 Å². The van der Waals surface area contributed by atoms with Crippen molar-refractivity contribution in [3.8, 4) is 0 Å². The smallest absolute Gasteiger partial charge is 0.314 e. The Morgan fingerprint density at radius 2 is 2.00 bits per heavy atom. The van der Waals surface area contributed by atoms with Gasteiger partial charge in [-0.05, 0) is 56.0 Å². The number of nitrogens with one attached hydrogen (secondary N) is 1. The van der Waals surface area contributed by atoms with E-state index in [1.54, 1.807) is 13.0 Å². The van der Waals surface area contributed by atoms with Gasteiger partial charge in [-0.25, -0.2) is 0 Å². The second-order valence-electron chi connectivity index (χ2n) is 4.62. The number of hydrogen-bond donors (Lipinski definition) is 1. The van der Waals surface area contributed by atoms with Gasteiger partial charge in [0.15, 0.2) is 0 Å². The van der Waals surface area contributed by atoms with E-state index >= 15 is 0 Å². The van der Waals surface area contributed by atoms with Gasteiger partial charge in [0.1, 0.15) is 0 Å². The molecule has 17 heavy (non-hydrogen) atoms. The molecule has 1 aromatic carbocycles. The van der Waals surface area contributed by atoms with Gasteiger partial charge in [0.25, 0.3) is 0 Å². The molecular formula is C13H16F3N. The van der Waals surface area contributed by atoms with Gasteiger partial charge in [-0.15, -0.1) is 0 Å². The standard InChI is InChI=1S/C13H16F3N/c1-9-8-11(13(14,15)16)3-2-10(9)6-7-17-12-4-5-12/h2-3,8,12,17H,4-7H2,1H3. The van der Waals surface area contributed by atoms with Crippen LogP contribution in [-0.4, -0.2) is 12.6 Å². The van der Waals surface area contributed by atoms with E-state index in [2.05, 4.69) is 5.32 Å². The largest absolute Gasteiger partial charge is 0.416 e. The van der Waals surface area contributed by atoms with Crippen LogP contribution in [0.2, 0.25) is 0 Å². The molecule has 1 aliphatic rings. The average molecular weight is 243 g/mol. The molecule has 94 valence electrons. The topological polar surface area (TPSA) is 12.0 Å².